The number of aliphatic imine (C=N–C) groups is 1. The van der Waals surface area contributed by atoms with Gasteiger partial charge in [-0.1, -0.05) is 43.7 Å². The van der Waals surface area contributed by atoms with Crippen LogP contribution in [0.15, 0.2) is 59.3 Å². The van der Waals surface area contributed by atoms with E-state index in [-0.39, 0.29) is 23.5 Å². The molecule has 0 aromatic heterocycles. The number of carboxylic acids is 1. The van der Waals surface area contributed by atoms with Crippen LogP contribution in [0.5, 0.6) is 5.75 Å². The van der Waals surface area contributed by atoms with Gasteiger partial charge in [-0.3, -0.25) is 9.89 Å². The summed E-state index contributed by atoms with van der Waals surface area (Å²) in [6, 6.07) is 13.8. The average Bonchev–Trinajstić information content (AvgIpc) is 3.19. The molecule has 5 rings (SSSR count). The van der Waals surface area contributed by atoms with Crippen LogP contribution in [0.2, 0.25) is 0 Å². The Labute approximate surface area is 205 Å². The minimum absolute atomic E-state index is 0.154. The molecule has 2 aromatic rings. The zero-order valence-corrected chi connectivity index (χ0v) is 20.4. The first-order valence-corrected chi connectivity index (χ1v) is 12.2. The number of ether oxygens (including phenoxy) is 2. The Balaban J connectivity index is 1.56. The lowest BCUT2D eigenvalue weighted by Crippen LogP contribution is -2.60. The van der Waals surface area contributed by atoms with Crippen molar-refractivity contribution in [2.75, 3.05) is 27.3 Å². The number of aliphatic hydroxyl groups is 1. The van der Waals surface area contributed by atoms with E-state index in [2.05, 4.69) is 11.8 Å². The van der Waals surface area contributed by atoms with E-state index >= 15 is 0 Å². The Morgan fingerprint density at radius 3 is 2.66 bits per heavy atom. The van der Waals surface area contributed by atoms with E-state index < -0.39 is 11.6 Å². The molecular weight excluding hydrogens is 444 g/mol. The summed E-state index contributed by atoms with van der Waals surface area (Å²) in [7, 11) is 3.11. The summed E-state index contributed by atoms with van der Waals surface area (Å²) in [4.78, 5) is 19.4. The molecular formula is C28H32N2O5. The van der Waals surface area contributed by atoms with Crippen molar-refractivity contribution in [3.05, 3.63) is 59.9 Å². The number of carboxylic acid groups (broad SMARTS) is 1. The molecule has 4 atom stereocenters. The molecule has 3 aliphatic rings. The van der Waals surface area contributed by atoms with E-state index in [1.807, 2.05) is 42.5 Å². The smallest absolute Gasteiger partial charge is 0.334 e. The second kappa shape index (κ2) is 9.13. The Kier molecular flexibility index (Phi) is 6.15. The SMILES string of the molecule is CC[C@@H]1CN2CC[C@@]3(O)C(=Nc4ccc(-c5ccccc5)c(OC)c43)C2C[C@@H]1C(=COC)C(=O)O. The third-order valence-electron chi connectivity index (χ3n) is 7.95. The maximum atomic E-state index is 12.2. The number of hydrogen-bond acceptors (Lipinski definition) is 6. The van der Waals surface area contributed by atoms with Gasteiger partial charge in [0.15, 0.2) is 0 Å². The van der Waals surface area contributed by atoms with Gasteiger partial charge in [0.2, 0.25) is 0 Å². The first kappa shape index (κ1) is 23.6. The zero-order chi connectivity index (χ0) is 24.7. The number of rotatable bonds is 6. The van der Waals surface area contributed by atoms with Crippen LogP contribution in [0, 0.1) is 11.8 Å². The maximum Gasteiger partial charge on any atom is 0.334 e. The minimum atomic E-state index is -1.25. The largest absolute Gasteiger partial charge is 0.504 e. The van der Waals surface area contributed by atoms with E-state index in [0.29, 0.717) is 30.8 Å². The van der Waals surface area contributed by atoms with Gasteiger partial charge in [0.25, 0.3) is 0 Å². The number of aliphatic carboxylic acids is 1. The summed E-state index contributed by atoms with van der Waals surface area (Å²) in [5.41, 5.74) is 3.11. The number of methoxy groups -OCH3 is 2. The summed E-state index contributed by atoms with van der Waals surface area (Å²) >= 11 is 0. The fourth-order valence-electron chi connectivity index (χ4n) is 6.27. The highest BCUT2D eigenvalue weighted by molar-refractivity contribution is 6.06. The Bertz CT molecular complexity index is 1190. The first-order valence-electron chi connectivity index (χ1n) is 12.2. The molecule has 0 radical (unpaired) electrons. The molecule has 0 bridgehead atoms. The third-order valence-corrected chi connectivity index (χ3v) is 7.95. The van der Waals surface area contributed by atoms with E-state index in [1.165, 1.54) is 13.4 Å². The molecule has 0 spiro atoms. The Morgan fingerprint density at radius 1 is 1.23 bits per heavy atom. The Hall–Kier alpha value is -3.16. The number of benzene rings is 2. The number of piperidine rings is 2. The van der Waals surface area contributed by atoms with E-state index in [9.17, 15) is 15.0 Å². The highest BCUT2D eigenvalue weighted by Gasteiger charge is 2.54. The third kappa shape index (κ3) is 3.74. The minimum Gasteiger partial charge on any atom is -0.504 e. The van der Waals surface area contributed by atoms with Crippen LogP contribution in [0.25, 0.3) is 11.1 Å². The standard InChI is InChI=1S/C28H32N2O5/c1-4-17-15-30-13-12-28(33)24-22(11-10-19(25(24)35-3)18-8-6-5-7-9-18)29-26(28)23(30)14-20(17)21(16-34-2)27(31)32/h5-11,16-17,20,23,33H,4,12-15H2,1-3H3,(H,31,32)/t17-,20+,23?,28+/m1/s1. The normalized spacial score (nSPS) is 27.9. The number of hydrogen-bond donors (Lipinski definition) is 2. The molecule has 2 aromatic carbocycles. The van der Waals surface area contributed by atoms with Gasteiger partial charge in [-0.15, -0.1) is 0 Å². The van der Waals surface area contributed by atoms with Crippen LogP contribution in [-0.4, -0.2) is 60.1 Å². The maximum absolute atomic E-state index is 12.2. The highest BCUT2D eigenvalue weighted by atomic mass is 16.5. The van der Waals surface area contributed by atoms with E-state index in [4.69, 9.17) is 14.5 Å². The lowest BCUT2D eigenvalue weighted by Gasteiger charge is -2.50. The van der Waals surface area contributed by atoms with Gasteiger partial charge in [0.1, 0.15) is 11.4 Å². The summed E-state index contributed by atoms with van der Waals surface area (Å²) in [5.74, 6) is -0.305. The Morgan fingerprint density at radius 2 is 2.00 bits per heavy atom. The van der Waals surface area contributed by atoms with Gasteiger partial charge < -0.3 is 19.7 Å². The van der Waals surface area contributed by atoms with Gasteiger partial charge in [-0.05, 0) is 42.4 Å². The molecule has 0 saturated carbocycles. The second-order valence-corrected chi connectivity index (χ2v) is 9.65. The van der Waals surface area contributed by atoms with Gasteiger partial charge in [0, 0.05) is 18.7 Å². The number of nitrogens with zero attached hydrogens (tertiary/aromatic N) is 2. The monoisotopic (exact) mass is 476 g/mol. The number of carbonyl (C=O) groups is 1. The van der Waals surface area contributed by atoms with Gasteiger partial charge in [-0.2, -0.15) is 0 Å². The summed E-state index contributed by atoms with van der Waals surface area (Å²) < 4.78 is 11.0. The zero-order valence-electron chi connectivity index (χ0n) is 20.4. The van der Waals surface area contributed by atoms with Crippen molar-refractivity contribution in [1.29, 1.82) is 0 Å². The molecule has 0 aliphatic carbocycles. The number of fused-ring (bicyclic) bond motifs is 5. The van der Waals surface area contributed by atoms with Gasteiger partial charge >= 0.3 is 5.97 Å². The molecule has 7 nitrogen and oxygen atoms in total. The van der Waals surface area contributed by atoms with Gasteiger partial charge in [0.05, 0.1) is 49.1 Å². The van der Waals surface area contributed by atoms with Crippen LogP contribution >= 0.6 is 0 Å². The molecule has 7 heteroatoms. The molecule has 3 heterocycles. The van der Waals surface area contributed by atoms with Crippen LogP contribution in [0.3, 0.4) is 0 Å². The van der Waals surface area contributed by atoms with Crippen molar-refractivity contribution in [3.8, 4) is 16.9 Å². The average molecular weight is 477 g/mol. The molecule has 184 valence electrons. The van der Waals surface area contributed by atoms with Crippen molar-refractivity contribution in [1.82, 2.24) is 4.90 Å². The van der Waals surface area contributed by atoms with Crippen molar-refractivity contribution in [3.63, 3.8) is 0 Å². The molecule has 2 saturated heterocycles. The van der Waals surface area contributed by atoms with Crippen LogP contribution in [0.1, 0.15) is 31.7 Å². The first-order chi connectivity index (χ1) is 16.9. The van der Waals surface area contributed by atoms with E-state index in [1.54, 1.807) is 7.11 Å². The van der Waals surface area contributed by atoms with E-state index in [0.717, 1.165) is 35.3 Å². The van der Waals surface area contributed by atoms with Crippen LogP contribution in [0.4, 0.5) is 5.69 Å². The van der Waals surface area contributed by atoms with Crippen molar-refractivity contribution in [2.45, 2.75) is 37.8 Å². The fourth-order valence-corrected chi connectivity index (χ4v) is 6.27. The molecule has 0 amide bonds. The fraction of sp³-hybridized carbons (Fsp3) is 0.429. The van der Waals surface area contributed by atoms with Gasteiger partial charge in [-0.25, -0.2) is 4.79 Å². The summed E-state index contributed by atoms with van der Waals surface area (Å²) in [6.07, 6.45) is 3.32. The molecule has 1 unspecified atom stereocenters. The van der Waals surface area contributed by atoms with Crippen molar-refractivity contribution >= 4 is 17.4 Å². The quantitative estimate of drug-likeness (QED) is 0.475. The summed E-state index contributed by atoms with van der Waals surface area (Å²) in [6.45, 7) is 3.57. The lowest BCUT2D eigenvalue weighted by molar-refractivity contribution is -0.134. The van der Waals surface area contributed by atoms with Crippen LogP contribution in [-0.2, 0) is 15.1 Å². The molecule has 2 fully saturated rings. The highest BCUT2D eigenvalue weighted by Crippen LogP contribution is 2.53. The van der Waals surface area contributed by atoms with Crippen molar-refractivity contribution < 1.29 is 24.5 Å². The summed E-state index contributed by atoms with van der Waals surface area (Å²) in [5, 5.41) is 22.0. The molecule has 3 aliphatic heterocycles. The predicted octanol–water partition coefficient (Wildman–Crippen LogP) is 4.37. The second-order valence-electron chi connectivity index (χ2n) is 9.65. The van der Waals surface area contributed by atoms with Crippen LogP contribution < -0.4 is 4.74 Å². The molecule has 35 heavy (non-hydrogen) atoms. The lowest BCUT2D eigenvalue weighted by atomic mass is 9.70. The topological polar surface area (TPSA) is 91.6 Å². The predicted molar refractivity (Wildman–Crippen MR) is 134 cm³/mol. The van der Waals surface area contributed by atoms with Crippen molar-refractivity contribution in [2.24, 2.45) is 16.8 Å². The molecule has 2 N–H and O–H groups in total.